The zero-order valence-electron chi connectivity index (χ0n) is 12.5. The summed E-state index contributed by atoms with van der Waals surface area (Å²) in [7, 11) is 1.69. The highest BCUT2D eigenvalue weighted by molar-refractivity contribution is 5.49. The van der Waals surface area contributed by atoms with Crippen LogP contribution in [0.1, 0.15) is 26.2 Å². The summed E-state index contributed by atoms with van der Waals surface area (Å²) in [5.41, 5.74) is 1.26. The molecule has 1 aromatic carbocycles. The summed E-state index contributed by atoms with van der Waals surface area (Å²) in [5, 5.41) is 12.8. The number of aliphatic hydroxyl groups excluding tert-OH is 1. The minimum Gasteiger partial charge on any atom is -0.497 e. The van der Waals surface area contributed by atoms with E-state index in [1.54, 1.807) is 7.11 Å². The van der Waals surface area contributed by atoms with Gasteiger partial charge < -0.3 is 20.1 Å². The molecule has 1 unspecified atom stereocenters. The Morgan fingerprint density at radius 1 is 1.30 bits per heavy atom. The Labute approximate surface area is 121 Å². The van der Waals surface area contributed by atoms with Gasteiger partial charge in [-0.3, -0.25) is 0 Å². The average Bonchev–Trinajstić information content (AvgIpc) is 2.53. The maximum absolute atomic E-state index is 9.25. The molecule has 4 heteroatoms. The number of ether oxygens (including phenoxy) is 1. The van der Waals surface area contributed by atoms with Crippen LogP contribution in [-0.2, 0) is 0 Å². The Morgan fingerprint density at radius 2 is 1.95 bits per heavy atom. The van der Waals surface area contributed by atoms with Crippen molar-refractivity contribution in [2.24, 2.45) is 0 Å². The van der Waals surface area contributed by atoms with Crippen molar-refractivity contribution >= 4 is 5.69 Å². The molecule has 0 amide bonds. The van der Waals surface area contributed by atoms with Crippen LogP contribution in [-0.4, -0.2) is 44.0 Å². The number of anilines is 1. The van der Waals surface area contributed by atoms with Crippen molar-refractivity contribution in [3.05, 3.63) is 24.3 Å². The molecule has 2 rings (SSSR count). The topological polar surface area (TPSA) is 44.7 Å². The van der Waals surface area contributed by atoms with Crippen LogP contribution in [0.2, 0.25) is 0 Å². The zero-order chi connectivity index (χ0) is 14.4. The van der Waals surface area contributed by atoms with E-state index >= 15 is 0 Å². The smallest absolute Gasteiger partial charge is 0.119 e. The second-order valence-electron chi connectivity index (χ2n) is 5.41. The summed E-state index contributed by atoms with van der Waals surface area (Å²) in [6, 6.07) is 9.04. The van der Waals surface area contributed by atoms with E-state index in [1.165, 1.54) is 5.69 Å². The monoisotopic (exact) mass is 278 g/mol. The number of piperidine rings is 1. The lowest BCUT2D eigenvalue weighted by Crippen LogP contribution is -2.47. The molecule has 2 N–H and O–H groups in total. The van der Waals surface area contributed by atoms with Gasteiger partial charge in [-0.2, -0.15) is 0 Å². The van der Waals surface area contributed by atoms with Gasteiger partial charge in [0.1, 0.15) is 5.75 Å². The van der Waals surface area contributed by atoms with E-state index < -0.39 is 0 Å². The molecule has 1 aromatic rings. The fraction of sp³-hybridized carbons (Fsp3) is 0.625. The fourth-order valence-corrected chi connectivity index (χ4v) is 2.73. The van der Waals surface area contributed by atoms with Crippen molar-refractivity contribution in [1.29, 1.82) is 0 Å². The average molecular weight is 278 g/mol. The third-order valence-corrected chi connectivity index (χ3v) is 4.12. The number of nitrogens with one attached hydrogen (secondary N) is 1. The lowest BCUT2D eigenvalue weighted by Gasteiger charge is -2.35. The van der Waals surface area contributed by atoms with Crippen molar-refractivity contribution in [2.75, 3.05) is 31.7 Å². The van der Waals surface area contributed by atoms with Crippen LogP contribution in [0.25, 0.3) is 0 Å². The van der Waals surface area contributed by atoms with Gasteiger partial charge in [-0.25, -0.2) is 0 Å². The standard InChI is InChI=1S/C16H26N2O2/c1-3-13(12-19)17-14-8-10-18(11-9-14)15-4-6-16(20-2)7-5-15/h4-7,13-14,17,19H,3,8-12H2,1-2H3. The Balaban J connectivity index is 1.84. The molecule has 1 fully saturated rings. The molecule has 0 aliphatic carbocycles. The van der Waals surface area contributed by atoms with Gasteiger partial charge in [-0.1, -0.05) is 6.92 Å². The molecule has 112 valence electrons. The van der Waals surface area contributed by atoms with Gasteiger partial charge in [0.15, 0.2) is 0 Å². The normalized spacial score (nSPS) is 18.1. The molecule has 1 aliphatic heterocycles. The summed E-state index contributed by atoms with van der Waals surface area (Å²) < 4.78 is 5.19. The third kappa shape index (κ3) is 3.87. The van der Waals surface area contributed by atoms with E-state index in [0.717, 1.165) is 38.1 Å². The SMILES string of the molecule is CCC(CO)NC1CCN(c2ccc(OC)cc2)CC1. The molecule has 4 nitrogen and oxygen atoms in total. The van der Waals surface area contributed by atoms with Crippen LogP contribution in [0.15, 0.2) is 24.3 Å². The van der Waals surface area contributed by atoms with Crippen molar-refractivity contribution < 1.29 is 9.84 Å². The maximum Gasteiger partial charge on any atom is 0.119 e. The largest absolute Gasteiger partial charge is 0.497 e. The van der Waals surface area contributed by atoms with Gasteiger partial charge in [0.05, 0.1) is 13.7 Å². The summed E-state index contributed by atoms with van der Waals surface area (Å²) in [6.45, 7) is 4.47. The predicted molar refractivity (Wildman–Crippen MR) is 82.5 cm³/mol. The van der Waals surface area contributed by atoms with E-state index in [9.17, 15) is 5.11 Å². The number of hydrogen-bond donors (Lipinski definition) is 2. The lowest BCUT2D eigenvalue weighted by atomic mass is 10.0. The molecule has 0 spiro atoms. The van der Waals surface area contributed by atoms with Gasteiger partial charge in [0.25, 0.3) is 0 Å². The predicted octanol–water partition coefficient (Wildman–Crippen LogP) is 2.02. The Kier molecular flexibility index (Phi) is 5.68. The second-order valence-corrected chi connectivity index (χ2v) is 5.41. The lowest BCUT2D eigenvalue weighted by molar-refractivity contribution is 0.220. The molecule has 0 bridgehead atoms. The highest BCUT2D eigenvalue weighted by atomic mass is 16.5. The minimum absolute atomic E-state index is 0.231. The quantitative estimate of drug-likeness (QED) is 0.835. The summed E-state index contributed by atoms with van der Waals surface area (Å²) in [5.74, 6) is 0.902. The van der Waals surface area contributed by atoms with E-state index in [4.69, 9.17) is 4.74 Å². The molecule has 20 heavy (non-hydrogen) atoms. The van der Waals surface area contributed by atoms with E-state index in [0.29, 0.717) is 6.04 Å². The maximum atomic E-state index is 9.25. The van der Waals surface area contributed by atoms with Gasteiger partial charge in [-0.05, 0) is 43.5 Å². The molecule has 1 saturated heterocycles. The molecule has 0 aromatic heterocycles. The van der Waals surface area contributed by atoms with Gasteiger partial charge in [0, 0.05) is 30.9 Å². The van der Waals surface area contributed by atoms with Gasteiger partial charge >= 0.3 is 0 Å². The first-order valence-electron chi connectivity index (χ1n) is 7.52. The van der Waals surface area contributed by atoms with Crippen LogP contribution >= 0.6 is 0 Å². The fourth-order valence-electron chi connectivity index (χ4n) is 2.73. The minimum atomic E-state index is 0.231. The Morgan fingerprint density at radius 3 is 2.45 bits per heavy atom. The van der Waals surface area contributed by atoms with E-state index in [-0.39, 0.29) is 12.6 Å². The van der Waals surface area contributed by atoms with E-state index in [2.05, 4.69) is 29.3 Å². The number of benzene rings is 1. The number of methoxy groups -OCH3 is 1. The summed E-state index contributed by atoms with van der Waals surface area (Å²) in [6.07, 6.45) is 3.24. The Bertz CT molecular complexity index is 382. The number of aliphatic hydroxyl groups is 1. The van der Waals surface area contributed by atoms with E-state index in [1.807, 2.05) is 12.1 Å². The number of rotatable bonds is 6. The van der Waals surface area contributed by atoms with Crippen molar-refractivity contribution in [3.63, 3.8) is 0 Å². The van der Waals surface area contributed by atoms with Crippen molar-refractivity contribution in [1.82, 2.24) is 5.32 Å². The number of nitrogens with zero attached hydrogens (tertiary/aromatic N) is 1. The summed E-state index contributed by atoms with van der Waals surface area (Å²) >= 11 is 0. The molecular formula is C16H26N2O2. The Hall–Kier alpha value is -1.26. The molecular weight excluding hydrogens is 252 g/mol. The van der Waals surface area contributed by atoms with Crippen LogP contribution in [0.4, 0.5) is 5.69 Å². The molecule has 0 radical (unpaired) electrons. The molecule has 1 atom stereocenters. The summed E-state index contributed by atoms with van der Waals surface area (Å²) in [4.78, 5) is 2.41. The molecule has 1 heterocycles. The zero-order valence-corrected chi connectivity index (χ0v) is 12.5. The van der Waals surface area contributed by atoms with Gasteiger partial charge in [-0.15, -0.1) is 0 Å². The first kappa shape index (κ1) is 15.1. The molecule has 0 saturated carbocycles. The van der Waals surface area contributed by atoms with Crippen molar-refractivity contribution in [2.45, 2.75) is 38.3 Å². The third-order valence-electron chi connectivity index (χ3n) is 4.12. The first-order chi connectivity index (χ1) is 9.76. The van der Waals surface area contributed by atoms with Gasteiger partial charge in [0.2, 0.25) is 0 Å². The highest BCUT2D eigenvalue weighted by Gasteiger charge is 2.21. The van der Waals surface area contributed by atoms with Crippen molar-refractivity contribution in [3.8, 4) is 5.75 Å². The highest BCUT2D eigenvalue weighted by Crippen LogP contribution is 2.23. The van der Waals surface area contributed by atoms with Crippen LogP contribution < -0.4 is 15.0 Å². The van der Waals surface area contributed by atoms with Crippen LogP contribution in [0.5, 0.6) is 5.75 Å². The second kappa shape index (κ2) is 7.50. The number of hydrogen-bond acceptors (Lipinski definition) is 4. The van der Waals surface area contributed by atoms with Crippen LogP contribution in [0, 0.1) is 0 Å². The van der Waals surface area contributed by atoms with Crippen LogP contribution in [0.3, 0.4) is 0 Å². The molecule has 1 aliphatic rings. The first-order valence-corrected chi connectivity index (χ1v) is 7.52.